The molecule has 1 aromatic rings. The molecule has 15 heavy (non-hydrogen) atoms. The van der Waals surface area contributed by atoms with Crippen LogP contribution >= 0.6 is 0 Å². The maximum Gasteiger partial charge on any atom is 0.0381 e. The van der Waals surface area contributed by atoms with E-state index in [1.165, 1.54) is 30.6 Å². The largest absolute Gasteiger partial charge is 0.385 e. The van der Waals surface area contributed by atoms with Crippen LogP contribution in [0.3, 0.4) is 0 Å². The number of rotatable bonds is 4. The lowest BCUT2D eigenvalue weighted by atomic mass is 9.85. The highest BCUT2D eigenvalue weighted by molar-refractivity contribution is 5.57. The number of nitrogens with zero attached hydrogens (tertiary/aromatic N) is 1. The molecule has 0 bridgehead atoms. The minimum Gasteiger partial charge on any atom is -0.385 e. The predicted octanol–water partition coefficient (Wildman–Crippen LogP) is 2.96. The Kier molecular flexibility index (Phi) is 3.14. The molecule has 2 rings (SSSR count). The van der Waals surface area contributed by atoms with Gasteiger partial charge in [-0.3, -0.25) is 0 Å². The summed E-state index contributed by atoms with van der Waals surface area (Å²) in [6.07, 6.45) is 4.23. The highest BCUT2D eigenvalue weighted by Crippen LogP contribution is 2.27. The van der Waals surface area contributed by atoms with E-state index in [0.717, 1.165) is 12.5 Å². The van der Waals surface area contributed by atoms with Crippen molar-refractivity contribution in [3.05, 3.63) is 24.3 Å². The molecule has 0 aliphatic heterocycles. The minimum absolute atomic E-state index is 0.910. The summed E-state index contributed by atoms with van der Waals surface area (Å²) >= 11 is 0. The second kappa shape index (κ2) is 4.56. The Morgan fingerprint density at radius 3 is 2.73 bits per heavy atom. The zero-order chi connectivity index (χ0) is 10.7. The first kappa shape index (κ1) is 10.3. The van der Waals surface area contributed by atoms with E-state index in [4.69, 9.17) is 0 Å². The summed E-state index contributed by atoms with van der Waals surface area (Å²) in [5.41, 5.74) is 2.50. The molecule has 0 spiro atoms. The van der Waals surface area contributed by atoms with Gasteiger partial charge < -0.3 is 10.2 Å². The molecule has 1 saturated carbocycles. The number of hydrogen-bond donors (Lipinski definition) is 1. The van der Waals surface area contributed by atoms with Gasteiger partial charge in [-0.2, -0.15) is 0 Å². The summed E-state index contributed by atoms with van der Waals surface area (Å²) in [4.78, 5) is 2.13. The molecule has 1 N–H and O–H groups in total. The molecular formula is C13H20N2. The van der Waals surface area contributed by atoms with E-state index in [9.17, 15) is 0 Å². The van der Waals surface area contributed by atoms with Crippen LogP contribution in [0.4, 0.5) is 11.4 Å². The van der Waals surface area contributed by atoms with E-state index in [1.807, 2.05) is 0 Å². The maximum absolute atomic E-state index is 3.52. The summed E-state index contributed by atoms with van der Waals surface area (Å²) in [5, 5.41) is 3.52. The molecule has 1 fully saturated rings. The average Bonchev–Trinajstić information content (AvgIpc) is 2.16. The number of benzene rings is 1. The van der Waals surface area contributed by atoms with Gasteiger partial charge in [0.1, 0.15) is 0 Å². The lowest BCUT2D eigenvalue weighted by molar-refractivity contribution is 0.333. The standard InChI is InChI=1S/C13H20N2/c1-15(2)13-8-4-7-12(9-13)14-10-11-5-3-6-11/h4,7-9,11,14H,3,5-6,10H2,1-2H3. The third-order valence-corrected chi connectivity index (χ3v) is 3.18. The van der Waals surface area contributed by atoms with E-state index in [-0.39, 0.29) is 0 Å². The molecule has 0 saturated heterocycles. The summed E-state index contributed by atoms with van der Waals surface area (Å²) in [5.74, 6) is 0.910. The molecule has 2 nitrogen and oxygen atoms in total. The number of anilines is 2. The molecule has 1 aliphatic rings. The summed E-state index contributed by atoms with van der Waals surface area (Å²) in [6, 6.07) is 8.59. The number of hydrogen-bond acceptors (Lipinski definition) is 2. The normalized spacial score (nSPS) is 15.9. The lowest BCUT2D eigenvalue weighted by Gasteiger charge is -2.26. The van der Waals surface area contributed by atoms with Gasteiger partial charge in [0.15, 0.2) is 0 Å². The first-order valence-electron chi connectivity index (χ1n) is 5.77. The summed E-state index contributed by atoms with van der Waals surface area (Å²) < 4.78 is 0. The Labute approximate surface area is 92.3 Å². The highest BCUT2D eigenvalue weighted by atomic mass is 15.1. The molecule has 0 aromatic heterocycles. The molecule has 2 heteroatoms. The van der Waals surface area contributed by atoms with Crippen LogP contribution in [0.1, 0.15) is 19.3 Å². The van der Waals surface area contributed by atoms with Crippen LogP contribution < -0.4 is 10.2 Å². The van der Waals surface area contributed by atoms with Crippen molar-refractivity contribution in [3.8, 4) is 0 Å². The van der Waals surface area contributed by atoms with Crippen molar-refractivity contribution in [2.24, 2.45) is 5.92 Å². The van der Waals surface area contributed by atoms with Crippen molar-refractivity contribution in [2.75, 3.05) is 30.9 Å². The van der Waals surface area contributed by atoms with Crippen molar-refractivity contribution < 1.29 is 0 Å². The van der Waals surface area contributed by atoms with Gasteiger partial charge in [0, 0.05) is 32.0 Å². The van der Waals surface area contributed by atoms with Crippen molar-refractivity contribution in [2.45, 2.75) is 19.3 Å². The van der Waals surface area contributed by atoms with Gasteiger partial charge in [0.05, 0.1) is 0 Å². The van der Waals surface area contributed by atoms with Crippen LogP contribution in [0.15, 0.2) is 24.3 Å². The highest BCUT2D eigenvalue weighted by Gasteiger charge is 2.16. The fraction of sp³-hybridized carbons (Fsp3) is 0.538. The lowest BCUT2D eigenvalue weighted by Crippen LogP contribution is -2.21. The minimum atomic E-state index is 0.910. The summed E-state index contributed by atoms with van der Waals surface area (Å²) in [6.45, 7) is 1.14. The van der Waals surface area contributed by atoms with E-state index in [0.29, 0.717) is 0 Å². The van der Waals surface area contributed by atoms with Crippen LogP contribution in [0.2, 0.25) is 0 Å². The quantitative estimate of drug-likeness (QED) is 0.811. The van der Waals surface area contributed by atoms with Gasteiger partial charge in [0.25, 0.3) is 0 Å². The predicted molar refractivity (Wildman–Crippen MR) is 66.6 cm³/mol. The molecule has 0 unspecified atom stereocenters. The molecule has 82 valence electrons. The SMILES string of the molecule is CN(C)c1cccc(NCC2CCC2)c1. The van der Waals surface area contributed by atoms with Crippen molar-refractivity contribution in [1.82, 2.24) is 0 Å². The van der Waals surface area contributed by atoms with Gasteiger partial charge in [-0.15, -0.1) is 0 Å². The average molecular weight is 204 g/mol. The monoisotopic (exact) mass is 204 g/mol. The molecular weight excluding hydrogens is 184 g/mol. The van der Waals surface area contributed by atoms with E-state index in [2.05, 4.69) is 48.6 Å². The van der Waals surface area contributed by atoms with Gasteiger partial charge in [-0.1, -0.05) is 12.5 Å². The van der Waals surface area contributed by atoms with Gasteiger partial charge >= 0.3 is 0 Å². The second-order valence-electron chi connectivity index (χ2n) is 4.62. The van der Waals surface area contributed by atoms with E-state index < -0.39 is 0 Å². The molecule has 0 amide bonds. The van der Waals surface area contributed by atoms with Crippen LogP contribution in [0, 0.1) is 5.92 Å². The molecule has 0 radical (unpaired) electrons. The van der Waals surface area contributed by atoms with Crippen molar-refractivity contribution in [3.63, 3.8) is 0 Å². The Bertz CT molecular complexity index is 316. The van der Waals surface area contributed by atoms with Gasteiger partial charge in [0.2, 0.25) is 0 Å². The fourth-order valence-electron chi connectivity index (χ4n) is 1.85. The van der Waals surface area contributed by atoms with Crippen LogP contribution in [-0.4, -0.2) is 20.6 Å². The van der Waals surface area contributed by atoms with Crippen molar-refractivity contribution in [1.29, 1.82) is 0 Å². The molecule has 1 aliphatic carbocycles. The summed E-state index contributed by atoms with van der Waals surface area (Å²) in [7, 11) is 4.15. The smallest absolute Gasteiger partial charge is 0.0381 e. The van der Waals surface area contributed by atoms with E-state index >= 15 is 0 Å². The zero-order valence-corrected chi connectivity index (χ0v) is 9.66. The Morgan fingerprint density at radius 2 is 2.13 bits per heavy atom. The maximum atomic E-state index is 3.52. The van der Waals surface area contributed by atoms with Crippen LogP contribution in [0.25, 0.3) is 0 Å². The molecule has 0 atom stereocenters. The molecule has 1 aromatic carbocycles. The van der Waals surface area contributed by atoms with Crippen LogP contribution in [0.5, 0.6) is 0 Å². The Hall–Kier alpha value is -1.18. The molecule has 0 heterocycles. The fourth-order valence-corrected chi connectivity index (χ4v) is 1.85. The first-order valence-corrected chi connectivity index (χ1v) is 5.77. The van der Waals surface area contributed by atoms with Gasteiger partial charge in [-0.05, 0) is 37.0 Å². The Balaban J connectivity index is 1.92. The Morgan fingerprint density at radius 1 is 1.33 bits per heavy atom. The van der Waals surface area contributed by atoms with E-state index in [1.54, 1.807) is 0 Å². The van der Waals surface area contributed by atoms with Gasteiger partial charge in [-0.25, -0.2) is 0 Å². The van der Waals surface area contributed by atoms with Crippen LogP contribution in [-0.2, 0) is 0 Å². The third kappa shape index (κ3) is 2.65. The second-order valence-corrected chi connectivity index (χ2v) is 4.62. The zero-order valence-electron chi connectivity index (χ0n) is 9.66. The first-order chi connectivity index (χ1) is 7.25. The van der Waals surface area contributed by atoms with Crippen molar-refractivity contribution >= 4 is 11.4 Å². The third-order valence-electron chi connectivity index (χ3n) is 3.18. The topological polar surface area (TPSA) is 15.3 Å². The number of nitrogens with one attached hydrogen (secondary N) is 1.